The Morgan fingerprint density at radius 3 is 2.57 bits per heavy atom. The van der Waals surface area contributed by atoms with Crippen LogP contribution >= 0.6 is 0 Å². The summed E-state index contributed by atoms with van der Waals surface area (Å²) in [4.78, 5) is 11.9. The molecule has 0 aromatic heterocycles. The first-order chi connectivity index (χ1) is 10.2. The van der Waals surface area contributed by atoms with Crippen LogP contribution in [0.1, 0.15) is 37.7 Å². The second-order valence-electron chi connectivity index (χ2n) is 5.64. The molecule has 1 aromatic rings. The number of rotatable bonds is 7. The predicted molar refractivity (Wildman–Crippen MR) is 82.8 cm³/mol. The van der Waals surface area contributed by atoms with Gasteiger partial charge in [-0.15, -0.1) is 0 Å². The zero-order chi connectivity index (χ0) is 15.1. The van der Waals surface area contributed by atoms with Crippen LogP contribution in [0.5, 0.6) is 11.5 Å². The van der Waals surface area contributed by atoms with Crippen LogP contribution in [0.25, 0.3) is 0 Å². The Morgan fingerprint density at radius 2 is 1.90 bits per heavy atom. The van der Waals surface area contributed by atoms with Crippen molar-refractivity contribution < 1.29 is 14.3 Å². The van der Waals surface area contributed by atoms with E-state index >= 15 is 0 Å². The van der Waals surface area contributed by atoms with Gasteiger partial charge in [0, 0.05) is 13.0 Å². The summed E-state index contributed by atoms with van der Waals surface area (Å²) in [6.07, 6.45) is 6.47. The van der Waals surface area contributed by atoms with Crippen LogP contribution in [0.4, 0.5) is 0 Å². The first-order valence-corrected chi connectivity index (χ1v) is 7.70. The number of benzene rings is 1. The Kier molecular flexibility index (Phi) is 5.90. The van der Waals surface area contributed by atoms with Crippen molar-refractivity contribution in [3.8, 4) is 11.5 Å². The van der Waals surface area contributed by atoms with Gasteiger partial charge in [0.2, 0.25) is 5.91 Å². The topological polar surface area (TPSA) is 47.6 Å². The molecule has 0 bridgehead atoms. The Hall–Kier alpha value is -1.71. The van der Waals surface area contributed by atoms with Crippen LogP contribution in [0.2, 0.25) is 0 Å². The molecule has 21 heavy (non-hydrogen) atoms. The van der Waals surface area contributed by atoms with Gasteiger partial charge in [-0.25, -0.2) is 0 Å². The number of amides is 1. The molecule has 0 atom stereocenters. The number of ether oxygens (including phenoxy) is 2. The van der Waals surface area contributed by atoms with Crippen molar-refractivity contribution >= 4 is 5.91 Å². The quantitative estimate of drug-likeness (QED) is 0.840. The summed E-state index contributed by atoms with van der Waals surface area (Å²) in [6.45, 7) is 0.668. The Morgan fingerprint density at radius 1 is 1.19 bits per heavy atom. The van der Waals surface area contributed by atoms with Gasteiger partial charge in [-0.05, 0) is 42.9 Å². The lowest BCUT2D eigenvalue weighted by molar-refractivity contribution is -0.121. The minimum atomic E-state index is 0.183. The van der Waals surface area contributed by atoms with Gasteiger partial charge >= 0.3 is 0 Å². The fourth-order valence-corrected chi connectivity index (χ4v) is 2.93. The lowest BCUT2D eigenvalue weighted by Gasteiger charge is -2.11. The van der Waals surface area contributed by atoms with Crippen molar-refractivity contribution in [3.63, 3.8) is 0 Å². The average Bonchev–Trinajstić information content (AvgIpc) is 2.99. The SMILES string of the molecule is COc1ccc(CCNC(=O)CC2CCCC2)cc1OC. The van der Waals surface area contributed by atoms with Gasteiger partial charge in [-0.2, -0.15) is 0 Å². The highest BCUT2D eigenvalue weighted by Gasteiger charge is 2.18. The van der Waals surface area contributed by atoms with Crippen LogP contribution in [0, 0.1) is 5.92 Å². The van der Waals surface area contributed by atoms with Gasteiger partial charge in [-0.1, -0.05) is 18.9 Å². The van der Waals surface area contributed by atoms with E-state index in [9.17, 15) is 4.79 Å². The third-order valence-electron chi connectivity index (χ3n) is 4.13. The largest absolute Gasteiger partial charge is 0.493 e. The molecule has 0 aliphatic heterocycles. The summed E-state index contributed by atoms with van der Waals surface area (Å²) in [6, 6.07) is 5.86. The van der Waals surface area contributed by atoms with Crippen molar-refractivity contribution in [1.29, 1.82) is 0 Å². The highest BCUT2D eigenvalue weighted by molar-refractivity contribution is 5.76. The molecule has 116 valence electrons. The Labute approximate surface area is 126 Å². The molecule has 0 unspecified atom stereocenters. The smallest absolute Gasteiger partial charge is 0.220 e. The van der Waals surface area contributed by atoms with Gasteiger partial charge in [-0.3, -0.25) is 4.79 Å². The minimum absolute atomic E-state index is 0.183. The molecule has 4 heteroatoms. The molecule has 1 aliphatic carbocycles. The van der Waals surface area contributed by atoms with Crippen LogP contribution in [-0.4, -0.2) is 26.7 Å². The molecule has 1 fully saturated rings. The van der Waals surface area contributed by atoms with E-state index in [1.807, 2.05) is 18.2 Å². The highest BCUT2D eigenvalue weighted by Crippen LogP contribution is 2.28. The normalized spacial score (nSPS) is 15.0. The number of hydrogen-bond donors (Lipinski definition) is 1. The Balaban J connectivity index is 1.76. The van der Waals surface area contributed by atoms with E-state index in [2.05, 4.69) is 5.32 Å². The summed E-state index contributed by atoms with van der Waals surface area (Å²) in [7, 11) is 3.26. The summed E-state index contributed by atoms with van der Waals surface area (Å²) in [5.41, 5.74) is 1.13. The van der Waals surface area contributed by atoms with E-state index < -0.39 is 0 Å². The van der Waals surface area contributed by atoms with Gasteiger partial charge in [0.15, 0.2) is 11.5 Å². The predicted octanol–water partition coefficient (Wildman–Crippen LogP) is 2.94. The van der Waals surface area contributed by atoms with Crippen LogP contribution in [-0.2, 0) is 11.2 Å². The monoisotopic (exact) mass is 291 g/mol. The van der Waals surface area contributed by atoms with Crippen molar-refractivity contribution in [2.45, 2.75) is 38.5 Å². The molecule has 0 heterocycles. The maximum atomic E-state index is 11.9. The van der Waals surface area contributed by atoms with Gasteiger partial charge in [0.05, 0.1) is 14.2 Å². The summed E-state index contributed by atoms with van der Waals surface area (Å²) in [5.74, 6) is 2.24. The zero-order valence-electron chi connectivity index (χ0n) is 13.0. The number of nitrogens with one attached hydrogen (secondary N) is 1. The molecular weight excluding hydrogens is 266 g/mol. The highest BCUT2D eigenvalue weighted by atomic mass is 16.5. The molecule has 0 saturated heterocycles. The molecule has 1 saturated carbocycles. The Bertz CT molecular complexity index is 467. The molecule has 1 N–H and O–H groups in total. The molecule has 1 aliphatic rings. The number of carbonyl (C=O) groups is 1. The first kappa shape index (κ1) is 15.7. The maximum absolute atomic E-state index is 11.9. The van der Waals surface area contributed by atoms with Crippen molar-refractivity contribution in [2.75, 3.05) is 20.8 Å². The van der Waals surface area contributed by atoms with Crippen LogP contribution in [0.15, 0.2) is 18.2 Å². The summed E-state index contributed by atoms with van der Waals surface area (Å²) >= 11 is 0. The van der Waals surface area contributed by atoms with E-state index in [-0.39, 0.29) is 5.91 Å². The van der Waals surface area contributed by atoms with Crippen molar-refractivity contribution in [1.82, 2.24) is 5.32 Å². The lowest BCUT2D eigenvalue weighted by atomic mass is 10.0. The number of carbonyl (C=O) groups excluding carboxylic acids is 1. The zero-order valence-corrected chi connectivity index (χ0v) is 13.0. The second kappa shape index (κ2) is 7.91. The lowest BCUT2D eigenvalue weighted by Crippen LogP contribution is -2.27. The molecule has 1 amide bonds. The average molecular weight is 291 g/mol. The van der Waals surface area contributed by atoms with Crippen molar-refractivity contribution in [2.24, 2.45) is 5.92 Å². The van der Waals surface area contributed by atoms with Gasteiger partial charge < -0.3 is 14.8 Å². The third kappa shape index (κ3) is 4.66. The summed E-state index contributed by atoms with van der Waals surface area (Å²) < 4.78 is 10.5. The summed E-state index contributed by atoms with van der Waals surface area (Å²) in [5, 5.41) is 3.01. The van der Waals surface area contributed by atoms with Crippen molar-refractivity contribution in [3.05, 3.63) is 23.8 Å². The molecular formula is C17H25NO3. The van der Waals surface area contributed by atoms with E-state index in [1.165, 1.54) is 25.7 Å². The number of hydrogen-bond acceptors (Lipinski definition) is 3. The molecule has 2 rings (SSSR count). The number of methoxy groups -OCH3 is 2. The van der Waals surface area contributed by atoms with Crippen LogP contribution < -0.4 is 14.8 Å². The molecule has 0 spiro atoms. The van der Waals surface area contributed by atoms with E-state index in [4.69, 9.17) is 9.47 Å². The molecule has 4 nitrogen and oxygen atoms in total. The van der Waals surface area contributed by atoms with E-state index in [0.29, 0.717) is 18.9 Å². The third-order valence-corrected chi connectivity index (χ3v) is 4.13. The first-order valence-electron chi connectivity index (χ1n) is 7.70. The maximum Gasteiger partial charge on any atom is 0.220 e. The fourth-order valence-electron chi connectivity index (χ4n) is 2.93. The van der Waals surface area contributed by atoms with Crippen LogP contribution in [0.3, 0.4) is 0 Å². The fraction of sp³-hybridized carbons (Fsp3) is 0.588. The minimum Gasteiger partial charge on any atom is -0.493 e. The van der Waals surface area contributed by atoms with E-state index in [0.717, 1.165) is 23.5 Å². The van der Waals surface area contributed by atoms with E-state index in [1.54, 1.807) is 14.2 Å². The second-order valence-corrected chi connectivity index (χ2v) is 5.64. The van der Waals surface area contributed by atoms with Gasteiger partial charge in [0.25, 0.3) is 0 Å². The van der Waals surface area contributed by atoms with Gasteiger partial charge in [0.1, 0.15) is 0 Å². The molecule has 0 radical (unpaired) electrons. The standard InChI is InChI=1S/C17H25NO3/c1-20-15-8-7-14(11-16(15)21-2)9-10-18-17(19)12-13-5-3-4-6-13/h7-8,11,13H,3-6,9-10,12H2,1-2H3,(H,18,19). The molecule has 1 aromatic carbocycles.